The van der Waals surface area contributed by atoms with Gasteiger partial charge in [0.25, 0.3) is 0 Å². The molecule has 0 aliphatic heterocycles. The lowest BCUT2D eigenvalue weighted by Gasteiger charge is -2.26. The first-order chi connectivity index (χ1) is 18.7. The number of rotatable bonds is 4. The van der Waals surface area contributed by atoms with Crippen molar-refractivity contribution in [2.24, 2.45) is 0 Å². The van der Waals surface area contributed by atoms with Crippen LogP contribution in [0.5, 0.6) is 0 Å². The molecule has 1 aromatic heterocycles. The molecule has 1 aliphatic rings. The molecule has 6 aromatic rings. The van der Waals surface area contributed by atoms with Gasteiger partial charge in [0.1, 0.15) is 5.00 Å². The number of carbonyl (C=O) groups is 2. The van der Waals surface area contributed by atoms with Crippen molar-refractivity contribution in [2.45, 2.75) is 0 Å². The molecule has 0 unspecified atom stereocenters. The number of anilines is 3. The number of allylic oxidation sites excluding steroid dienone is 1. The SMILES string of the molecule is O=C1C(=Cc2ccc(N(c3ccccc3)c3cc4ccccc4c4ccccc34)s2)C(=O)c2ccccc21. The normalized spacial score (nSPS) is 12.8. The Kier molecular flexibility index (Phi) is 5.27. The predicted molar refractivity (Wildman–Crippen MR) is 157 cm³/mol. The molecule has 180 valence electrons. The number of hydrogen-bond acceptors (Lipinski definition) is 4. The molecule has 7 rings (SSSR count). The van der Waals surface area contributed by atoms with Crippen molar-refractivity contribution in [1.82, 2.24) is 0 Å². The zero-order valence-electron chi connectivity index (χ0n) is 20.3. The third kappa shape index (κ3) is 3.58. The molecule has 0 atom stereocenters. The van der Waals surface area contributed by atoms with Crippen LogP contribution in [0.15, 0.2) is 127 Å². The van der Waals surface area contributed by atoms with Gasteiger partial charge in [-0.05, 0) is 52.6 Å². The average Bonchev–Trinajstić information content (AvgIpc) is 3.52. The third-order valence-electron chi connectivity index (χ3n) is 7.03. The number of hydrogen-bond donors (Lipinski definition) is 0. The Balaban J connectivity index is 1.39. The maximum Gasteiger partial charge on any atom is 0.197 e. The first-order valence-corrected chi connectivity index (χ1v) is 13.3. The highest BCUT2D eigenvalue weighted by molar-refractivity contribution is 7.17. The lowest BCUT2D eigenvalue weighted by Crippen LogP contribution is -2.09. The Labute approximate surface area is 223 Å². The smallest absolute Gasteiger partial charge is 0.197 e. The fourth-order valence-corrected chi connectivity index (χ4v) is 6.25. The number of nitrogens with zero attached hydrogens (tertiary/aromatic N) is 1. The highest BCUT2D eigenvalue weighted by Gasteiger charge is 2.32. The van der Waals surface area contributed by atoms with Gasteiger partial charge in [-0.2, -0.15) is 0 Å². The van der Waals surface area contributed by atoms with Gasteiger partial charge in [-0.15, -0.1) is 11.3 Å². The molecule has 0 bridgehead atoms. The van der Waals surface area contributed by atoms with Crippen LogP contribution in [0, 0.1) is 0 Å². The number of thiophene rings is 1. The second-order valence-electron chi connectivity index (χ2n) is 9.27. The summed E-state index contributed by atoms with van der Waals surface area (Å²) in [6, 6.07) is 40.5. The van der Waals surface area contributed by atoms with Gasteiger partial charge >= 0.3 is 0 Å². The maximum atomic E-state index is 13.0. The summed E-state index contributed by atoms with van der Waals surface area (Å²) in [6.07, 6.45) is 1.74. The quantitative estimate of drug-likeness (QED) is 0.136. The van der Waals surface area contributed by atoms with Crippen LogP contribution in [0.3, 0.4) is 0 Å². The van der Waals surface area contributed by atoms with Crippen LogP contribution in [0.4, 0.5) is 16.4 Å². The molecule has 4 heteroatoms. The molecule has 38 heavy (non-hydrogen) atoms. The van der Waals surface area contributed by atoms with E-state index < -0.39 is 0 Å². The van der Waals surface area contributed by atoms with Gasteiger partial charge in [0, 0.05) is 27.1 Å². The summed E-state index contributed by atoms with van der Waals surface area (Å²) in [5, 5.41) is 5.73. The fourth-order valence-electron chi connectivity index (χ4n) is 5.27. The van der Waals surface area contributed by atoms with E-state index in [1.807, 2.05) is 24.3 Å². The molecule has 0 fully saturated rings. The van der Waals surface area contributed by atoms with Gasteiger partial charge in [-0.1, -0.05) is 91.0 Å². The minimum absolute atomic E-state index is 0.207. The average molecular weight is 508 g/mol. The molecule has 0 spiro atoms. The van der Waals surface area contributed by atoms with Crippen molar-refractivity contribution in [1.29, 1.82) is 0 Å². The zero-order chi connectivity index (χ0) is 25.6. The van der Waals surface area contributed by atoms with E-state index in [0.29, 0.717) is 11.1 Å². The van der Waals surface area contributed by atoms with Crippen molar-refractivity contribution in [2.75, 3.05) is 4.90 Å². The monoisotopic (exact) mass is 507 g/mol. The highest BCUT2D eigenvalue weighted by atomic mass is 32.1. The van der Waals surface area contributed by atoms with E-state index in [-0.39, 0.29) is 17.1 Å². The number of fused-ring (bicyclic) bond motifs is 4. The molecule has 0 amide bonds. The first-order valence-electron chi connectivity index (χ1n) is 12.4. The van der Waals surface area contributed by atoms with E-state index in [9.17, 15) is 9.59 Å². The van der Waals surface area contributed by atoms with Crippen LogP contribution in [0.2, 0.25) is 0 Å². The molecular formula is C34H21NO2S. The summed E-state index contributed by atoms with van der Waals surface area (Å²) in [5.41, 5.74) is 3.30. The summed E-state index contributed by atoms with van der Waals surface area (Å²) in [5.74, 6) is -0.415. The van der Waals surface area contributed by atoms with Crippen molar-refractivity contribution in [3.8, 4) is 0 Å². The zero-order valence-corrected chi connectivity index (χ0v) is 21.1. The van der Waals surface area contributed by atoms with Gasteiger partial charge in [-0.3, -0.25) is 9.59 Å². The number of Topliss-reactive ketones (excluding diaryl/α,β-unsaturated/α-hetero) is 2. The Bertz CT molecular complexity index is 1880. The van der Waals surface area contributed by atoms with E-state index in [1.165, 1.54) is 16.2 Å². The highest BCUT2D eigenvalue weighted by Crippen LogP contribution is 2.44. The van der Waals surface area contributed by atoms with Crippen LogP contribution in [-0.4, -0.2) is 11.6 Å². The Hall–Kier alpha value is -4.80. The standard InChI is InChI=1S/C34H21NO2S/c36-33-28-16-8-9-17-29(28)34(37)30(33)21-24-18-19-32(38-24)35(23-11-2-1-3-12-23)31-20-22-10-4-5-13-25(22)26-14-6-7-15-27(26)31/h1-21H. The summed E-state index contributed by atoms with van der Waals surface area (Å²) in [4.78, 5) is 29.1. The van der Waals surface area contributed by atoms with Crippen LogP contribution in [-0.2, 0) is 0 Å². The third-order valence-corrected chi connectivity index (χ3v) is 8.04. The molecular weight excluding hydrogens is 486 g/mol. The van der Waals surface area contributed by atoms with Crippen molar-refractivity contribution in [3.05, 3.63) is 143 Å². The number of para-hydroxylation sites is 1. The Morgan fingerprint density at radius 3 is 1.92 bits per heavy atom. The molecule has 3 nitrogen and oxygen atoms in total. The summed E-state index contributed by atoms with van der Waals surface area (Å²) >= 11 is 1.56. The lowest BCUT2D eigenvalue weighted by atomic mass is 9.99. The van der Waals surface area contributed by atoms with Crippen molar-refractivity contribution < 1.29 is 9.59 Å². The predicted octanol–water partition coefficient (Wildman–Crippen LogP) is 8.99. The fraction of sp³-hybridized carbons (Fsp3) is 0. The van der Waals surface area contributed by atoms with E-state index in [1.54, 1.807) is 41.7 Å². The van der Waals surface area contributed by atoms with Crippen molar-refractivity contribution in [3.63, 3.8) is 0 Å². The lowest BCUT2D eigenvalue weighted by molar-refractivity contribution is 0.0990. The number of benzene rings is 5. The van der Waals surface area contributed by atoms with Gasteiger partial charge in [0.2, 0.25) is 0 Å². The molecule has 1 heterocycles. The summed E-state index contributed by atoms with van der Waals surface area (Å²) in [6.45, 7) is 0. The largest absolute Gasteiger partial charge is 0.301 e. The van der Waals surface area contributed by atoms with E-state index >= 15 is 0 Å². The van der Waals surface area contributed by atoms with E-state index in [0.717, 1.165) is 26.6 Å². The van der Waals surface area contributed by atoms with Gasteiger partial charge in [0.05, 0.1) is 11.3 Å². The molecule has 0 N–H and O–H groups in total. The van der Waals surface area contributed by atoms with Crippen LogP contribution in [0.1, 0.15) is 25.6 Å². The van der Waals surface area contributed by atoms with Crippen LogP contribution < -0.4 is 4.90 Å². The second-order valence-corrected chi connectivity index (χ2v) is 10.4. The molecule has 0 radical (unpaired) electrons. The van der Waals surface area contributed by atoms with Gasteiger partial charge < -0.3 is 4.90 Å². The van der Waals surface area contributed by atoms with E-state index in [4.69, 9.17) is 0 Å². The molecule has 1 aliphatic carbocycles. The van der Waals surface area contributed by atoms with Crippen LogP contribution in [0.25, 0.3) is 27.6 Å². The Morgan fingerprint density at radius 1 is 0.579 bits per heavy atom. The van der Waals surface area contributed by atoms with E-state index in [2.05, 4.69) is 77.7 Å². The molecule has 0 saturated carbocycles. The maximum absolute atomic E-state index is 13.0. The second kappa shape index (κ2) is 8.94. The topological polar surface area (TPSA) is 37.4 Å². The minimum atomic E-state index is -0.207. The van der Waals surface area contributed by atoms with Crippen molar-refractivity contribution >= 4 is 66.9 Å². The molecule has 0 saturated heterocycles. The van der Waals surface area contributed by atoms with Gasteiger partial charge in [-0.25, -0.2) is 0 Å². The summed E-state index contributed by atoms with van der Waals surface area (Å²) in [7, 11) is 0. The Morgan fingerprint density at radius 2 is 1.18 bits per heavy atom. The van der Waals surface area contributed by atoms with Crippen LogP contribution >= 0.6 is 11.3 Å². The number of ketones is 2. The van der Waals surface area contributed by atoms with Gasteiger partial charge in [0.15, 0.2) is 11.6 Å². The minimum Gasteiger partial charge on any atom is -0.301 e. The first kappa shape index (κ1) is 22.4. The molecule has 5 aromatic carbocycles. The number of carbonyl (C=O) groups excluding carboxylic acids is 2. The summed E-state index contributed by atoms with van der Waals surface area (Å²) < 4.78 is 0.